The summed E-state index contributed by atoms with van der Waals surface area (Å²) in [6.07, 6.45) is 7.59. The minimum absolute atomic E-state index is 0.219. The maximum Gasteiger partial charge on any atom is 0.116 e. The molecule has 142 valence electrons. The number of aryl methyl sites for hydroxylation is 1. The van der Waals surface area contributed by atoms with Crippen molar-refractivity contribution in [2.24, 2.45) is 7.05 Å². The van der Waals surface area contributed by atoms with Gasteiger partial charge in [-0.3, -0.25) is 4.68 Å². The van der Waals surface area contributed by atoms with Crippen LogP contribution in [0.15, 0.2) is 47.8 Å². The SMILES string of the molecule is Cn1cc(-c2cc(-c3ccc(O)cc3)nc(SCSC3CCC3)c2C#N)cn1. The summed E-state index contributed by atoms with van der Waals surface area (Å²) in [5.74, 6) is 0.219. The Kier molecular flexibility index (Phi) is 5.60. The predicted molar refractivity (Wildman–Crippen MR) is 114 cm³/mol. The highest BCUT2D eigenvalue weighted by molar-refractivity contribution is 8.16. The van der Waals surface area contributed by atoms with Crippen molar-refractivity contribution in [3.8, 4) is 34.2 Å². The quantitative estimate of drug-likeness (QED) is 0.454. The number of aromatic nitrogens is 3. The Balaban J connectivity index is 1.74. The highest BCUT2D eigenvalue weighted by Crippen LogP contribution is 2.38. The Morgan fingerprint density at radius 3 is 2.64 bits per heavy atom. The van der Waals surface area contributed by atoms with Gasteiger partial charge in [-0.05, 0) is 43.2 Å². The van der Waals surface area contributed by atoms with Crippen LogP contribution < -0.4 is 0 Å². The van der Waals surface area contributed by atoms with Crippen molar-refractivity contribution >= 4 is 23.5 Å². The van der Waals surface area contributed by atoms with Gasteiger partial charge < -0.3 is 5.11 Å². The van der Waals surface area contributed by atoms with Crippen molar-refractivity contribution in [3.05, 3.63) is 48.3 Å². The van der Waals surface area contributed by atoms with Crippen LogP contribution in [-0.2, 0) is 7.05 Å². The average Bonchev–Trinajstić information content (AvgIpc) is 3.10. The Hall–Kier alpha value is -2.43. The van der Waals surface area contributed by atoms with E-state index in [0.717, 1.165) is 37.7 Å². The first-order valence-corrected chi connectivity index (χ1v) is 11.2. The second-order valence-electron chi connectivity index (χ2n) is 6.78. The van der Waals surface area contributed by atoms with Crippen LogP contribution in [0.5, 0.6) is 5.75 Å². The Morgan fingerprint density at radius 1 is 1.25 bits per heavy atom. The fraction of sp³-hybridized carbons (Fsp3) is 0.286. The molecule has 1 aliphatic carbocycles. The van der Waals surface area contributed by atoms with Crippen molar-refractivity contribution in [2.75, 3.05) is 5.08 Å². The van der Waals surface area contributed by atoms with E-state index in [9.17, 15) is 10.4 Å². The van der Waals surface area contributed by atoms with Gasteiger partial charge in [0.05, 0.1) is 17.5 Å². The molecule has 0 amide bonds. The molecule has 0 radical (unpaired) electrons. The summed E-state index contributed by atoms with van der Waals surface area (Å²) < 4.78 is 1.73. The third-order valence-electron chi connectivity index (χ3n) is 4.83. The number of hydrogen-bond acceptors (Lipinski definition) is 6. The third-order valence-corrected chi connectivity index (χ3v) is 7.36. The average molecular weight is 409 g/mol. The summed E-state index contributed by atoms with van der Waals surface area (Å²) in [5, 5.41) is 26.1. The molecular formula is C21H20N4OS2. The second-order valence-corrected chi connectivity index (χ2v) is 9.40. The van der Waals surface area contributed by atoms with Gasteiger partial charge in [0.2, 0.25) is 0 Å². The lowest BCUT2D eigenvalue weighted by atomic mass is 10.0. The standard InChI is InChI=1S/C21H20N4OS2/c1-25-12-15(11-23-25)18-9-20(14-5-7-16(26)8-6-14)24-21(19(18)10-22)28-13-27-17-3-2-4-17/h5-9,11-12,17,26H,2-4,13H2,1H3. The van der Waals surface area contributed by atoms with Gasteiger partial charge in [-0.2, -0.15) is 10.4 Å². The van der Waals surface area contributed by atoms with Crippen molar-refractivity contribution in [1.29, 1.82) is 5.26 Å². The van der Waals surface area contributed by atoms with Crippen LogP contribution >= 0.6 is 23.5 Å². The molecule has 1 saturated carbocycles. The number of nitriles is 1. The lowest BCUT2D eigenvalue weighted by Crippen LogP contribution is -2.13. The zero-order chi connectivity index (χ0) is 19.5. The van der Waals surface area contributed by atoms with Gasteiger partial charge in [0.25, 0.3) is 0 Å². The first-order valence-electron chi connectivity index (χ1n) is 9.12. The van der Waals surface area contributed by atoms with Crippen molar-refractivity contribution in [2.45, 2.75) is 29.5 Å². The van der Waals surface area contributed by atoms with E-state index in [1.54, 1.807) is 34.8 Å². The monoisotopic (exact) mass is 408 g/mol. The summed E-state index contributed by atoms with van der Waals surface area (Å²) in [5.41, 5.74) is 4.02. The lowest BCUT2D eigenvalue weighted by molar-refractivity contribution is 0.475. The number of phenols is 1. The Bertz CT molecular complexity index is 1020. The number of nitrogens with zero attached hydrogens (tertiary/aromatic N) is 4. The van der Waals surface area contributed by atoms with Crippen LogP contribution in [-0.4, -0.2) is 30.2 Å². The third kappa shape index (κ3) is 4.03. The van der Waals surface area contributed by atoms with E-state index < -0.39 is 0 Å². The fourth-order valence-electron chi connectivity index (χ4n) is 3.03. The maximum atomic E-state index is 9.86. The molecule has 3 aromatic rings. The van der Waals surface area contributed by atoms with E-state index in [0.29, 0.717) is 5.56 Å². The molecule has 0 aliphatic heterocycles. The van der Waals surface area contributed by atoms with Crippen molar-refractivity contribution < 1.29 is 5.11 Å². The molecule has 1 aliphatic rings. The number of hydrogen-bond donors (Lipinski definition) is 1. The zero-order valence-electron chi connectivity index (χ0n) is 15.5. The number of pyridine rings is 1. The molecule has 4 rings (SSSR count). The Morgan fingerprint density at radius 2 is 2.04 bits per heavy atom. The van der Waals surface area contributed by atoms with Crippen molar-refractivity contribution in [1.82, 2.24) is 14.8 Å². The number of thioether (sulfide) groups is 2. The first kappa shape index (κ1) is 18.9. The van der Waals surface area contributed by atoms with Crippen LogP contribution in [0.4, 0.5) is 0 Å². The largest absolute Gasteiger partial charge is 0.508 e. The summed E-state index contributed by atoms with van der Waals surface area (Å²) in [4.78, 5) is 4.80. The van der Waals surface area contributed by atoms with E-state index >= 15 is 0 Å². The van der Waals surface area contributed by atoms with Gasteiger partial charge in [0.1, 0.15) is 16.8 Å². The van der Waals surface area contributed by atoms with Gasteiger partial charge in [-0.25, -0.2) is 4.98 Å². The minimum atomic E-state index is 0.219. The van der Waals surface area contributed by atoms with Gasteiger partial charge >= 0.3 is 0 Å². The maximum absolute atomic E-state index is 9.86. The van der Waals surface area contributed by atoms with Crippen LogP contribution in [0.1, 0.15) is 24.8 Å². The highest BCUT2D eigenvalue weighted by atomic mass is 32.2. The lowest BCUT2D eigenvalue weighted by Gasteiger charge is -2.24. The van der Waals surface area contributed by atoms with Crippen LogP contribution in [0, 0.1) is 11.3 Å². The van der Waals surface area contributed by atoms with Crippen LogP contribution in [0.3, 0.4) is 0 Å². The summed E-state index contributed by atoms with van der Waals surface area (Å²) >= 11 is 3.58. The molecule has 1 N–H and O–H groups in total. The molecule has 0 saturated heterocycles. The second kappa shape index (κ2) is 8.29. The highest BCUT2D eigenvalue weighted by Gasteiger charge is 2.20. The van der Waals surface area contributed by atoms with E-state index in [2.05, 4.69) is 11.2 Å². The van der Waals surface area contributed by atoms with E-state index in [4.69, 9.17) is 4.98 Å². The summed E-state index contributed by atoms with van der Waals surface area (Å²) in [7, 11) is 1.86. The molecule has 28 heavy (non-hydrogen) atoms. The normalized spacial score (nSPS) is 13.9. The van der Waals surface area contributed by atoms with Gasteiger partial charge in [0, 0.05) is 40.3 Å². The molecule has 1 aromatic carbocycles. The predicted octanol–water partition coefficient (Wildman–Crippen LogP) is 5.06. The van der Waals surface area contributed by atoms with Gasteiger partial charge in [-0.1, -0.05) is 18.2 Å². The molecule has 0 unspecified atom stereocenters. The zero-order valence-corrected chi connectivity index (χ0v) is 17.1. The summed E-state index contributed by atoms with van der Waals surface area (Å²) in [6, 6.07) is 11.3. The number of benzene rings is 1. The first-order chi connectivity index (χ1) is 13.6. The van der Waals surface area contributed by atoms with E-state index in [1.165, 1.54) is 19.3 Å². The van der Waals surface area contributed by atoms with Gasteiger partial charge in [-0.15, -0.1) is 11.8 Å². The molecule has 0 bridgehead atoms. The topological polar surface area (TPSA) is 74.7 Å². The Labute approximate surface area is 172 Å². The fourth-order valence-corrected chi connectivity index (χ4v) is 5.64. The number of phenolic OH excluding ortho intramolecular Hbond substituents is 1. The smallest absolute Gasteiger partial charge is 0.116 e. The van der Waals surface area contributed by atoms with Gasteiger partial charge in [0.15, 0.2) is 0 Å². The van der Waals surface area contributed by atoms with E-state index in [-0.39, 0.29) is 5.75 Å². The molecule has 1 fully saturated rings. The van der Waals surface area contributed by atoms with Crippen molar-refractivity contribution in [3.63, 3.8) is 0 Å². The number of aromatic hydroxyl groups is 1. The van der Waals surface area contributed by atoms with Crippen LogP contribution in [0.2, 0.25) is 0 Å². The number of rotatable bonds is 6. The minimum Gasteiger partial charge on any atom is -0.508 e. The molecular weight excluding hydrogens is 388 g/mol. The molecule has 2 heterocycles. The molecule has 0 spiro atoms. The molecule has 7 heteroatoms. The summed E-state index contributed by atoms with van der Waals surface area (Å²) in [6.45, 7) is 0. The molecule has 0 atom stereocenters. The molecule has 5 nitrogen and oxygen atoms in total. The molecule has 2 aromatic heterocycles. The van der Waals surface area contributed by atoms with E-state index in [1.807, 2.05) is 43.2 Å². The van der Waals surface area contributed by atoms with Crippen LogP contribution in [0.25, 0.3) is 22.4 Å².